The molecule has 0 spiro atoms. The van der Waals surface area contributed by atoms with Crippen molar-refractivity contribution in [2.75, 3.05) is 0 Å². The van der Waals surface area contributed by atoms with Crippen LogP contribution in [0.2, 0.25) is 0 Å². The van der Waals surface area contributed by atoms with Crippen LogP contribution in [0.4, 0.5) is 0 Å². The smallest absolute Gasteiger partial charge is 0.0190 e. The second-order valence-corrected chi connectivity index (χ2v) is 12.2. The largest absolute Gasteiger partial charge is 0.0654 e. The number of unbranched alkanes of at least 4 members (excludes halogenated alkanes) is 1. The molecule has 2 bridgehead atoms. The highest BCUT2D eigenvalue weighted by Crippen LogP contribution is 3.08. The van der Waals surface area contributed by atoms with Gasteiger partial charge >= 0.3 is 0 Å². The molecule has 5 fully saturated rings. The second-order valence-electron chi connectivity index (χ2n) is 12.2. The van der Waals surface area contributed by atoms with Crippen molar-refractivity contribution in [1.29, 1.82) is 0 Å². The van der Waals surface area contributed by atoms with Crippen LogP contribution >= 0.6 is 0 Å². The molecule has 5 rings (SSSR count). The first-order valence-electron chi connectivity index (χ1n) is 13.4. The van der Waals surface area contributed by atoms with Crippen molar-refractivity contribution in [3.05, 3.63) is 0 Å². The quantitative estimate of drug-likeness (QED) is 0.315. The van der Waals surface area contributed by atoms with E-state index in [9.17, 15) is 0 Å². The molecule has 0 heterocycles. The van der Waals surface area contributed by atoms with Gasteiger partial charge in [0.1, 0.15) is 0 Å². The Morgan fingerprint density at radius 2 is 1.32 bits per heavy atom. The Hall–Kier alpha value is 0. The maximum absolute atomic E-state index is 2.59. The topological polar surface area (TPSA) is 0 Å². The minimum absolute atomic E-state index is 0.878. The molecule has 0 amide bonds. The van der Waals surface area contributed by atoms with Crippen LogP contribution in [0.25, 0.3) is 0 Å². The van der Waals surface area contributed by atoms with E-state index in [0.29, 0.717) is 0 Å². The Bertz CT molecular complexity index is 534. The first-order chi connectivity index (χ1) is 13.4. The van der Waals surface area contributed by atoms with Gasteiger partial charge in [-0.2, -0.15) is 0 Å². The van der Waals surface area contributed by atoms with Crippen LogP contribution in [0, 0.1) is 64.1 Å². The van der Waals surface area contributed by atoms with Gasteiger partial charge in [-0.1, -0.05) is 87.0 Å². The maximum atomic E-state index is 2.59. The zero-order valence-electron chi connectivity index (χ0n) is 20.3. The zero-order valence-corrected chi connectivity index (χ0v) is 20.3. The molecule has 0 N–H and O–H groups in total. The van der Waals surface area contributed by atoms with Gasteiger partial charge in [0, 0.05) is 0 Å². The lowest BCUT2D eigenvalue weighted by atomic mass is 9.45. The van der Waals surface area contributed by atoms with E-state index in [1.165, 1.54) is 56.8 Å². The van der Waals surface area contributed by atoms with E-state index >= 15 is 0 Å². The summed E-state index contributed by atoms with van der Waals surface area (Å²) in [5.41, 5.74) is 1.76. The monoisotopic (exact) mass is 386 g/mol. The maximum Gasteiger partial charge on any atom is -0.0190 e. The van der Waals surface area contributed by atoms with Gasteiger partial charge in [-0.3, -0.25) is 0 Å². The van der Waals surface area contributed by atoms with Gasteiger partial charge < -0.3 is 0 Å². The number of hydrogen-bond acceptors (Lipinski definition) is 0. The Morgan fingerprint density at radius 3 is 1.89 bits per heavy atom. The molecule has 0 aromatic carbocycles. The van der Waals surface area contributed by atoms with Gasteiger partial charge in [0.15, 0.2) is 0 Å². The molecule has 5 saturated carbocycles. The van der Waals surface area contributed by atoms with Crippen molar-refractivity contribution in [3.8, 4) is 0 Å². The fourth-order valence-electron chi connectivity index (χ4n) is 9.72. The third kappa shape index (κ3) is 2.74. The predicted octanol–water partition coefficient (Wildman–Crippen LogP) is 8.60. The molecule has 0 nitrogen and oxygen atoms in total. The lowest BCUT2D eigenvalue weighted by Crippen LogP contribution is -2.54. The van der Waals surface area contributed by atoms with Crippen LogP contribution in [0.15, 0.2) is 0 Å². The third-order valence-corrected chi connectivity index (χ3v) is 11.1. The normalized spacial score (nSPS) is 50.6. The van der Waals surface area contributed by atoms with Crippen LogP contribution in [0.3, 0.4) is 0 Å². The second kappa shape index (κ2) is 7.60. The van der Waals surface area contributed by atoms with Crippen LogP contribution in [-0.2, 0) is 0 Å². The Kier molecular flexibility index (Phi) is 5.77. The van der Waals surface area contributed by atoms with Gasteiger partial charge in [0.25, 0.3) is 0 Å². The average molecular weight is 387 g/mol. The molecule has 0 saturated heterocycles. The number of hydrogen-bond donors (Lipinski definition) is 0. The summed E-state index contributed by atoms with van der Waals surface area (Å²) in [6, 6.07) is 0. The van der Waals surface area contributed by atoms with Gasteiger partial charge in [-0.25, -0.2) is 0 Å². The van der Waals surface area contributed by atoms with Crippen LogP contribution in [0.1, 0.15) is 113 Å². The van der Waals surface area contributed by atoms with E-state index in [-0.39, 0.29) is 0 Å². The van der Waals surface area contributed by atoms with E-state index < -0.39 is 0 Å². The summed E-state index contributed by atoms with van der Waals surface area (Å²) in [7, 11) is 0. The molecule has 5 aliphatic rings. The summed E-state index contributed by atoms with van der Waals surface area (Å²) in [5.74, 6) is 9.39. The summed E-state index contributed by atoms with van der Waals surface area (Å²) < 4.78 is 0. The molecule has 8 atom stereocenters. The van der Waals surface area contributed by atoms with Crippen molar-refractivity contribution in [2.24, 2.45) is 64.1 Å². The predicted molar refractivity (Wildman–Crippen MR) is 122 cm³/mol. The average Bonchev–Trinajstić information content (AvgIpc) is 3.49. The summed E-state index contributed by atoms with van der Waals surface area (Å²) in [6.45, 7) is 17.3. The van der Waals surface area contributed by atoms with Crippen molar-refractivity contribution >= 4 is 0 Å². The summed E-state index contributed by atoms with van der Waals surface area (Å²) in [5, 5.41) is 0. The fraction of sp³-hybridized carbons (Fsp3) is 1.00. The molecule has 5 aliphatic carbocycles. The van der Waals surface area contributed by atoms with E-state index in [1.54, 1.807) is 19.3 Å². The molecule has 0 heteroatoms. The Morgan fingerprint density at radius 1 is 0.714 bits per heavy atom. The zero-order chi connectivity index (χ0) is 20.3. The van der Waals surface area contributed by atoms with Gasteiger partial charge in [0.05, 0.1) is 0 Å². The van der Waals surface area contributed by atoms with Crippen molar-refractivity contribution < 1.29 is 0 Å². The first-order valence-corrected chi connectivity index (χ1v) is 13.4. The van der Waals surface area contributed by atoms with Gasteiger partial charge in [-0.05, 0) is 89.8 Å². The number of rotatable bonds is 12. The van der Waals surface area contributed by atoms with Crippen LogP contribution in [-0.4, -0.2) is 0 Å². The van der Waals surface area contributed by atoms with Crippen molar-refractivity contribution in [3.63, 3.8) is 0 Å². The van der Waals surface area contributed by atoms with E-state index in [4.69, 9.17) is 0 Å². The summed E-state index contributed by atoms with van der Waals surface area (Å²) in [4.78, 5) is 0. The molecule has 162 valence electrons. The van der Waals surface area contributed by atoms with Crippen molar-refractivity contribution in [1.82, 2.24) is 0 Å². The molecule has 28 heavy (non-hydrogen) atoms. The minimum Gasteiger partial charge on any atom is -0.0654 e. The van der Waals surface area contributed by atoms with Gasteiger partial charge in [-0.15, -0.1) is 0 Å². The molecular weight excluding hydrogens is 336 g/mol. The molecule has 0 aromatic rings. The Balaban J connectivity index is 1.33. The van der Waals surface area contributed by atoms with E-state index in [1.807, 2.05) is 0 Å². The standard InChI is InChI=1S/C28H50/c1-8-11-16-27-24(28(17-15-18(4)5)25(27)26(27)28)14-12-13-23-20(7)19(6)21(9-2)22(23)10-3/h18-26H,8-17H2,1-7H3. The summed E-state index contributed by atoms with van der Waals surface area (Å²) >= 11 is 0. The van der Waals surface area contributed by atoms with Crippen LogP contribution < -0.4 is 0 Å². The lowest BCUT2D eigenvalue weighted by Gasteiger charge is -2.59. The van der Waals surface area contributed by atoms with Gasteiger partial charge in [0.2, 0.25) is 0 Å². The van der Waals surface area contributed by atoms with Crippen LogP contribution in [0.5, 0.6) is 0 Å². The summed E-state index contributed by atoms with van der Waals surface area (Å²) in [6.07, 6.45) is 15.0. The highest BCUT2D eigenvalue weighted by atomic mass is 15.1. The fourth-order valence-corrected chi connectivity index (χ4v) is 9.72. The first kappa shape index (κ1) is 21.2. The Labute approximate surface area is 177 Å². The SMILES string of the molecule is CCCCC12C(CCCC3C(C)C(C)C(CC)C3CC)C3(CCC(C)C)C1C23. The minimum atomic E-state index is 0.878. The molecule has 0 radical (unpaired) electrons. The van der Waals surface area contributed by atoms with E-state index in [0.717, 1.165) is 52.3 Å². The molecule has 0 aliphatic heterocycles. The highest BCUT2D eigenvalue weighted by molar-refractivity contribution is 5.50. The third-order valence-electron chi connectivity index (χ3n) is 11.1. The van der Waals surface area contributed by atoms with Crippen molar-refractivity contribution in [2.45, 2.75) is 113 Å². The molecule has 0 aromatic heterocycles. The molecule has 8 unspecified atom stereocenters. The lowest BCUT2D eigenvalue weighted by molar-refractivity contribution is -0.116. The molecular formula is C28H50. The highest BCUT2D eigenvalue weighted by Gasteiger charge is 3.04. The van der Waals surface area contributed by atoms with E-state index in [2.05, 4.69) is 48.5 Å².